The van der Waals surface area contributed by atoms with Gasteiger partial charge in [0, 0.05) is 18.2 Å². The first kappa shape index (κ1) is 16.2. The van der Waals surface area contributed by atoms with Gasteiger partial charge in [0.15, 0.2) is 10.7 Å². The lowest BCUT2D eigenvalue weighted by Gasteiger charge is -2.07. The van der Waals surface area contributed by atoms with Crippen LogP contribution in [-0.2, 0) is 4.79 Å². The second-order valence-electron chi connectivity index (χ2n) is 5.86. The molecule has 128 valence electrons. The number of amides is 1. The van der Waals surface area contributed by atoms with E-state index < -0.39 is 0 Å². The highest BCUT2D eigenvalue weighted by atomic mass is 32.1. The van der Waals surface area contributed by atoms with Crippen LogP contribution in [0.1, 0.15) is 6.92 Å². The molecule has 3 aromatic carbocycles. The second kappa shape index (κ2) is 6.57. The third-order valence-electron chi connectivity index (χ3n) is 3.96. The average Bonchev–Trinajstić information content (AvgIpc) is 3.03. The summed E-state index contributed by atoms with van der Waals surface area (Å²) in [6.07, 6.45) is 0. The number of benzene rings is 3. The van der Waals surface area contributed by atoms with Crippen molar-refractivity contribution in [2.75, 3.05) is 5.32 Å². The first-order valence-electron chi connectivity index (χ1n) is 8.07. The summed E-state index contributed by atoms with van der Waals surface area (Å²) in [5.41, 5.74) is 3.07. The molecule has 0 radical (unpaired) electrons. The van der Waals surface area contributed by atoms with Gasteiger partial charge in [-0.3, -0.25) is 4.79 Å². The van der Waals surface area contributed by atoms with Crippen molar-refractivity contribution in [3.8, 4) is 11.5 Å². The van der Waals surface area contributed by atoms with Gasteiger partial charge in [-0.2, -0.15) is 0 Å². The maximum Gasteiger partial charge on any atom is 0.227 e. The van der Waals surface area contributed by atoms with Crippen LogP contribution in [0.25, 0.3) is 33.3 Å². The fraction of sp³-hybridized carbons (Fsp3) is 0.0500. The fourth-order valence-electron chi connectivity index (χ4n) is 2.85. The SMILES string of the molecule is CC(=O)NC(=S)Nc1ccc2oc(-c3cccc4ccccc34)nc2c1. The van der Waals surface area contributed by atoms with E-state index in [9.17, 15) is 4.79 Å². The summed E-state index contributed by atoms with van der Waals surface area (Å²) in [5, 5.41) is 7.96. The van der Waals surface area contributed by atoms with E-state index in [1.54, 1.807) is 0 Å². The molecular formula is C20H15N3O2S. The van der Waals surface area contributed by atoms with Crippen LogP contribution in [0.4, 0.5) is 5.69 Å². The van der Waals surface area contributed by atoms with E-state index in [4.69, 9.17) is 16.6 Å². The van der Waals surface area contributed by atoms with Gasteiger partial charge in [0.2, 0.25) is 11.8 Å². The van der Waals surface area contributed by atoms with E-state index in [-0.39, 0.29) is 11.0 Å². The monoisotopic (exact) mass is 361 g/mol. The van der Waals surface area contributed by atoms with Crippen molar-refractivity contribution in [1.82, 2.24) is 10.3 Å². The molecular weight excluding hydrogens is 346 g/mol. The Morgan fingerprint density at radius 2 is 1.88 bits per heavy atom. The van der Waals surface area contributed by atoms with E-state index in [1.807, 2.05) is 42.5 Å². The highest BCUT2D eigenvalue weighted by Gasteiger charge is 2.12. The Hall–Kier alpha value is -3.25. The fourth-order valence-corrected chi connectivity index (χ4v) is 3.12. The molecule has 1 heterocycles. The molecule has 0 spiro atoms. The van der Waals surface area contributed by atoms with Crippen molar-refractivity contribution in [2.24, 2.45) is 0 Å². The summed E-state index contributed by atoms with van der Waals surface area (Å²) in [5.74, 6) is 0.349. The molecule has 6 heteroatoms. The summed E-state index contributed by atoms with van der Waals surface area (Å²) in [4.78, 5) is 15.7. The van der Waals surface area contributed by atoms with Crippen LogP contribution in [0.3, 0.4) is 0 Å². The number of hydrogen-bond donors (Lipinski definition) is 2. The molecule has 0 aliphatic carbocycles. The van der Waals surface area contributed by atoms with Crippen molar-refractivity contribution in [3.05, 3.63) is 60.7 Å². The van der Waals surface area contributed by atoms with Gasteiger partial charge in [0.1, 0.15) is 5.52 Å². The highest BCUT2D eigenvalue weighted by molar-refractivity contribution is 7.80. The average molecular weight is 361 g/mol. The van der Waals surface area contributed by atoms with Crippen LogP contribution in [0.5, 0.6) is 0 Å². The molecule has 5 nitrogen and oxygen atoms in total. The Bertz CT molecular complexity index is 1140. The summed E-state index contributed by atoms with van der Waals surface area (Å²) < 4.78 is 5.95. The molecule has 0 aliphatic rings. The molecule has 0 saturated carbocycles. The van der Waals surface area contributed by atoms with Crippen LogP contribution in [0, 0.1) is 0 Å². The van der Waals surface area contributed by atoms with Crippen molar-refractivity contribution in [2.45, 2.75) is 6.92 Å². The number of nitrogens with one attached hydrogen (secondary N) is 2. The number of thiocarbonyl (C=S) groups is 1. The number of carbonyl (C=O) groups excluding carboxylic acids is 1. The largest absolute Gasteiger partial charge is 0.436 e. The number of anilines is 1. The van der Waals surface area contributed by atoms with Gasteiger partial charge in [-0.15, -0.1) is 0 Å². The molecule has 0 fully saturated rings. The maximum atomic E-state index is 11.1. The third kappa shape index (κ3) is 3.14. The zero-order valence-corrected chi connectivity index (χ0v) is 14.8. The smallest absolute Gasteiger partial charge is 0.227 e. The summed E-state index contributed by atoms with van der Waals surface area (Å²) >= 11 is 5.08. The zero-order chi connectivity index (χ0) is 18.1. The van der Waals surface area contributed by atoms with E-state index in [0.29, 0.717) is 17.0 Å². The Morgan fingerprint density at radius 3 is 2.73 bits per heavy atom. The van der Waals surface area contributed by atoms with Crippen LogP contribution < -0.4 is 10.6 Å². The summed E-state index contributed by atoms with van der Waals surface area (Å²) in [6.45, 7) is 1.41. The quantitative estimate of drug-likeness (QED) is 0.515. The molecule has 26 heavy (non-hydrogen) atoms. The number of oxazole rings is 1. The Kier molecular flexibility index (Phi) is 4.10. The standard InChI is InChI=1S/C20H15N3O2S/c1-12(24)21-20(26)22-14-9-10-18-17(11-14)23-19(25-18)16-8-4-6-13-5-2-3-7-15(13)16/h2-11H,1H3,(H2,21,22,24,26). The molecule has 2 N–H and O–H groups in total. The Labute approximate surface area is 155 Å². The number of fused-ring (bicyclic) bond motifs is 2. The van der Waals surface area contributed by atoms with Crippen LogP contribution >= 0.6 is 12.2 Å². The van der Waals surface area contributed by atoms with E-state index >= 15 is 0 Å². The van der Waals surface area contributed by atoms with Gasteiger partial charge in [0.25, 0.3) is 0 Å². The van der Waals surface area contributed by atoms with Crippen molar-refractivity contribution in [1.29, 1.82) is 0 Å². The predicted molar refractivity (Wildman–Crippen MR) is 107 cm³/mol. The molecule has 0 atom stereocenters. The number of aromatic nitrogens is 1. The van der Waals surface area contributed by atoms with Gasteiger partial charge < -0.3 is 15.1 Å². The van der Waals surface area contributed by atoms with Crippen molar-refractivity contribution < 1.29 is 9.21 Å². The lowest BCUT2D eigenvalue weighted by Crippen LogP contribution is -2.32. The Morgan fingerprint density at radius 1 is 1.08 bits per heavy atom. The second-order valence-corrected chi connectivity index (χ2v) is 6.27. The minimum atomic E-state index is -0.219. The minimum Gasteiger partial charge on any atom is -0.436 e. The van der Waals surface area contributed by atoms with Gasteiger partial charge in [0.05, 0.1) is 0 Å². The van der Waals surface area contributed by atoms with Crippen molar-refractivity contribution in [3.63, 3.8) is 0 Å². The Balaban J connectivity index is 1.71. The van der Waals surface area contributed by atoms with Gasteiger partial charge in [-0.1, -0.05) is 36.4 Å². The highest BCUT2D eigenvalue weighted by Crippen LogP contribution is 2.31. The molecule has 0 unspecified atom stereocenters. The lowest BCUT2D eigenvalue weighted by molar-refractivity contribution is -0.117. The minimum absolute atomic E-state index is 0.219. The molecule has 4 rings (SSSR count). The van der Waals surface area contributed by atoms with Crippen LogP contribution in [0.15, 0.2) is 65.1 Å². The lowest BCUT2D eigenvalue weighted by atomic mass is 10.0. The normalized spacial score (nSPS) is 10.8. The molecule has 0 aliphatic heterocycles. The number of rotatable bonds is 2. The van der Waals surface area contributed by atoms with Gasteiger partial charge >= 0.3 is 0 Å². The van der Waals surface area contributed by atoms with E-state index in [1.165, 1.54) is 6.92 Å². The van der Waals surface area contributed by atoms with Gasteiger partial charge in [-0.05, 0) is 47.3 Å². The van der Waals surface area contributed by atoms with Crippen LogP contribution in [0.2, 0.25) is 0 Å². The first-order valence-corrected chi connectivity index (χ1v) is 8.48. The summed E-state index contributed by atoms with van der Waals surface area (Å²) in [6, 6.07) is 19.7. The molecule has 1 aromatic heterocycles. The van der Waals surface area contributed by atoms with E-state index in [2.05, 4.69) is 33.8 Å². The van der Waals surface area contributed by atoms with Crippen molar-refractivity contribution >= 4 is 50.8 Å². The maximum absolute atomic E-state index is 11.1. The number of carbonyl (C=O) groups is 1. The molecule has 0 bridgehead atoms. The topological polar surface area (TPSA) is 67.2 Å². The van der Waals surface area contributed by atoms with Gasteiger partial charge in [-0.25, -0.2) is 4.98 Å². The van der Waals surface area contributed by atoms with Crippen LogP contribution in [-0.4, -0.2) is 16.0 Å². The summed E-state index contributed by atoms with van der Waals surface area (Å²) in [7, 11) is 0. The number of nitrogens with zero attached hydrogens (tertiary/aromatic N) is 1. The number of hydrogen-bond acceptors (Lipinski definition) is 4. The first-order chi connectivity index (χ1) is 12.6. The third-order valence-corrected chi connectivity index (χ3v) is 4.16. The molecule has 1 amide bonds. The molecule has 4 aromatic rings. The van der Waals surface area contributed by atoms with E-state index in [0.717, 1.165) is 22.0 Å². The predicted octanol–water partition coefficient (Wildman–Crippen LogP) is 4.48. The zero-order valence-electron chi connectivity index (χ0n) is 13.9. The molecule has 0 saturated heterocycles.